The molecule has 1 aromatic rings. The van der Waals surface area contributed by atoms with Crippen molar-refractivity contribution in [2.24, 2.45) is 5.41 Å². The molecular weight excluding hydrogens is 376 g/mol. The van der Waals surface area contributed by atoms with Crippen molar-refractivity contribution in [2.45, 2.75) is 53.0 Å². The summed E-state index contributed by atoms with van der Waals surface area (Å²) in [6.45, 7) is 15.5. The lowest BCUT2D eigenvalue weighted by Gasteiger charge is -2.27. The van der Waals surface area contributed by atoms with Gasteiger partial charge < -0.3 is 10.4 Å². The molecular formula is C25H36N2O3. The number of hydrogen-bond donors (Lipinski definition) is 2. The Balaban J connectivity index is 3.00. The van der Waals surface area contributed by atoms with Gasteiger partial charge in [-0.25, -0.2) is 4.79 Å². The maximum atomic E-state index is 12.9. The maximum absolute atomic E-state index is 12.9. The van der Waals surface area contributed by atoms with Gasteiger partial charge in [-0.05, 0) is 28.5 Å². The van der Waals surface area contributed by atoms with Gasteiger partial charge in [-0.2, -0.15) is 0 Å². The molecule has 0 fully saturated rings. The van der Waals surface area contributed by atoms with E-state index < -0.39 is 12.1 Å². The Morgan fingerprint density at radius 1 is 1.20 bits per heavy atom. The number of urea groups is 1. The van der Waals surface area contributed by atoms with Crippen molar-refractivity contribution in [3.8, 4) is 0 Å². The second-order valence-electron chi connectivity index (χ2n) is 8.50. The highest BCUT2D eigenvalue weighted by Crippen LogP contribution is 2.22. The first kappa shape index (κ1) is 25.4. The second kappa shape index (κ2) is 12.1. The van der Waals surface area contributed by atoms with E-state index in [1.54, 1.807) is 12.2 Å². The van der Waals surface area contributed by atoms with Crippen LogP contribution in [-0.2, 0) is 4.79 Å². The molecule has 3 amide bonds. The fourth-order valence-electron chi connectivity index (χ4n) is 2.98. The third-order valence-electron chi connectivity index (χ3n) is 4.61. The summed E-state index contributed by atoms with van der Waals surface area (Å²) < 4.78 is 0. The van der Waals surface area contributed by atoms with Crippen LogP contribution < -0.4 is 5.32 Å². The molecule has 0 radical (unpaired) electrons. The van der Waals surface area contributed by atoms with E-state index >= 15 is 0 Å². The van der Waals surface area contributed by atoms with Crippen LogP contribution in [0.25, 0.3) is 5.57 Å². The third-order valence-corrected chi connectivity index (χ3v) is 4.61. The van der Waals surface area contributed by atoms with E-state index in [0.29, 0.717) is 6.54 Å². The first-order chi connectivity index (χ1) is 14.2. The lowest BCUT2D eigenvalue weighted by atomic mass is 9.91. The Kier molecular flexibility index (Phi) is 10.3. The Bertz CT molecular complexity index is 758. The van der Waals surface area contributed by atoms with Crippen LogP contribution in [0.3, 0.4) is 0 Å². The molecule has 0 aliphatic rings. The zero-order chi connectivity index (χ0) is 22.7. The molecule has 164 valence electrons. The van der Waals surface area contributed by atoms with E-state index in [4.69, 9.17) is 0 Å². The highest BCUT2D eigenvalue weighted by molar-refractivity contribution is 5.94. The summed E-state index contributed by atoms with van der Waals surface area (Å²) in [5.74, 6) is -0.203. The highest BCUT2D eigenvalue weighted by Gasteiger charge is 2.27. The fraction of sp³-hybridized carbons (Fsp3) is 0.440. The van der Waals surface area contributed by atoms with Gasteiger partial charge in [0.1, 0.15) is 0 Å². The van der Waals surface area contributed by atoms with Gasteiger partial charge in [-0.1, -0.05) is 89.8 Å². The number of rotatable bonds is 10. The number of allylic oxidation sites excluding steroid dienone is 4. The van der Waals surface area contributed by atoms with Crippen LogP contribution in [0, 0.1) is 5.41 Å². The van der Waals surface area contributed by atoms with Gasteiger partial charge in [0, 0.05) is 13.0 Å². The predicted molar refractivity (Wildman–Crippen MR) is 124 cm³/mol. The van der Waals surface area contributed by atoms with E-state index in [1.807, 2.05) is 58.0 Å². The summed E-state index contributed by atoms with van der Waals surface area (Å²) in [6, 6.07) is 6.43. The molecule has 1 rings (SSSR count). The van der Waals surface area contributed by atoms with Crippen LogP contribution in [0.15, 0.2) is 55.7 Å². The number of carbonyl (C=O) groups is 2. The normalized spacial score (nSPS) is 12.8. The third kappa shape index (κ3) is 7.99. The average molecular weight is 413 g/mol. The van der Waals surface area contributed by atoms with Crippen molar-refractivity contribution in [2.75, 3.05) is 13.2 Å². The van der Waals surface area contributed by atoms with Crippen LogP contribution in [0.5, 0.6) is 0 Å². The Labute approximate surface area is 181 Å². The number of imide groups is 1. The molecule has 1 aromatic carbocycles. The number of benzene rings is 1. The molecule has 1 unspecified atom stereocenters. The Hall–Kier alpha value is -2.66. The summed E-state index contributed by atoms with van der Waals surface area (Å²) in [5.41, 5.74) is 2.44. The second-order valence-corrected chi connectivity index (χ2v) is 8.50. The smallest absolute Gasteiger partial charge is 0.324 e. The summed E-state index contributed by atoms with van der Waals surface area (Å²) in [7, 11) is 0. The molecule has 0 aromatic heterocycles. The van der Waals surface area contributed by atoms with Crippen LogP contribution in [0.1, 0.15) is 64.1 Å². The van der Waals surface area contributed by atoms with E-state index in [9.17, 15) is 14.7 Å². The summed E-state index contributed by atoms with van der Waals surface area (Å²) in [6.07, 6.45) is 7.20. The number of aliphatic hydroxyl groups is 1. The molecule has 0 aliphatic heterocycles. The number of unbranched alkanes of at least 4 members (excludes halogenated alkanes) is 1. The fourth-order valence-corrected chi connectivity index (χ4v) is 2.98. The van der Waals surface area contributed by atoms with Crippen molar-refractivity contribution >= 4 is 17.5 Å². The SMILES string of the molecule is C=C/C=C(\C=C)c1ccc(C(CO)NC(=O)N(CCCC)C(=O)CC(C)(C)C)cc1. The van der Waals surface area contributed by atoms with E-state index in [-0.39, 0.29) is 24.3 Å². The first-order valence-electron chi connectivity index (χ1n) is 10.4. The van der Waals surface area contributed by atoms with Crippen molar-refractivity contribution < 1.29 is 14.7 Å². The molecule has 5 nitrogen and oxygen atoms in total. The number of nitrogens with one attached hydrogen (secondary N) is 1. The van der Waals surface area contributed by atoms with Gasteiger partial charge in [0.05, 0.1) is 12.6 Å². The minimum absolute atomic E-state index is 0.203. The lowest BCUT2D eigenvalue weighted by Crippen LogP contribution is -2.47. The topological polar surface area (TPSA) is 69.6 Å². The zero-order valence-corrected chi connectivity index (χ0v) is 18.8. The van der Waals surface area contributed by atoms with Crippen molar-refractivity contribution in [3.63, 3.8) is 0 Å². The molecule has 0 heterocycles. The van der Waals surface area contributed by atoms with Crippen LogP contribution in [0.4, 0.5) is 4.79 Å². The minimum Gasteiger partial charge on any atom is -0.394 e. The number of amides is 3. The largest absolute Gasteiger partial charge is 0.394 e. The van der Waals surface area contributed by atoms with Crippen molar-refractivity contribution in [1.82, 2.24) is 10.2 Å². The van der Waals surface area contributed by atoms with Gasteiger partial charge >= 0.3 is 6.03 Å². The number of carbonyl (C=O) groups excluding carboxylic acids is 2. The molecule has 30 heavy (non-hydrogen) atoms. The van der Waals surface area contributed by atoms with Crippen molar-refractivity contribution in [1.29, 1.82) is 0 Å². The van der Waals surface area contributed by atoms with Crippen molar-refractivity contribution in [3.05, 3.63) is 66.8 Å². The maximum Gasteiger partial charge on any atom is 0.324 e. The van der Waals surface area contributed by atoms with Gasteiger partial charge in [-0.3, -0.25) is 9.69 Å². The summed E-state index contributed by atoms with van der Waals surface area (Å²) >= 11 is 0. The van der Waals surface area contributed by atoms with Gasteiger partial charge in [0.2, 0.25) is 5.91 Å². The molecule has 0 aliphatic carbocycles. The van der Waals surface area contributed by atoms with Gasteiger partial charge in [0.15, 0.2) is 0 Å². The Morgan fingerprint density at radius 2 is 1.83 bits per heavy atom. The molecule has 5 heteroatoms. The molecule has 0 saturated carbocycles. The summed E-state index contributed by atoms with van der Waals surface area (Å²) in [4.78, 5) is 26.9. The number of nitrogens with zero attached hydrogens (tertiary/aromatic N) is 1. The monoisotopic (exact) mass is 412 g/mol. The highest BCUT2D eigenvalue weighted by atomic mass is 16.3. The molecule has 2 N–H and O–H groups in total. The van der Waals surface area contributed by atoms with E-state index in [2.05, 4.69) is 18.5 Å². The van der Waals surface area contributed by atoms with Gasteiger partial charge in [-0.15, -0.1) is 0 Å². The Morgan fingerprint density at radius 3 is 2.30 bits per heavy atom. The first-order valence-corrected chi connectivity index (χ1v) is 10.4. The number of hydrogen-bond acceptors (Lipinski definition) is 3. The molecule has 0 bridgehead atoms. The van der Waals surface area contributed by atoms with E-state index in [0.717, 1.165) is 29.5 Å². The lowest BCUT2D eigenvalue weighted by molar-refractivity contribution is -0.130. The summed E-state index contributed by atoms with van der Waals surface area (Å²) in [5, 5.41) is 12.7. The standard InChI is InChI=1S/C25H36N2O3/c1-7-10-16-27(23(29)17-25(4,5)6)24(30)26-22(18-28)21-14-12-20(13-15-21)19(9-3)11-8-2/h8-9,11-15,22,28H,2-3,7,10,16-18H2,1,4-6H3,(H,26,30)/b19-11+. The number of aliphatic hydroxyl groups excluding tert-OH is 1. The molecule has 1 atom stereocenters. The minimum atomic E-state index is -0.603. The molecule has 0 spiro atoms. The van der Waals surface area contributed by atoms with Crippen LogP contribution in [-0.4, -0.2) is 35.1 Å². The quantitative estimate of drug-likeness (QED) is 0.516. The van der Waals surface area contributed by atoms with Crippen LogP contribution >= 0.6 is 0 Å². The van der Waals surface area contributed by atoms with Crippen LogP contribution in [0.2, 0.25) is 0 Å². The van der Waals surface area contributed by atoms with E-state index in [1.165, 1.54) is 4.90 Å². The zero-order valence-electron chi connectivity index (χ0n) is 18.8. The predicted octanol–water partition coefficient (Wildman–Crippen LogP) is 5.25. The molecule has 0 saturated heterocycles. The average Bonchev–Trinajstić information content (AvgIpc) is 2.69. The van der Waals surface area contributed by atoms with Gasteiger partial charge in [0.25, 0.3) is 0 Å².